The van der Waals surface area contributed by atoms with Gasteiger partial charge in [-0.1, -0.05) is 24.3 Å². The van der Waals surface area contributed by atoms with Crippen molar-refractivity contribution in [3.8, 4) is 6.07 Å². The van der Waals surface area contributed by atoms with Crippen LogP contribution in [0.25, 0.3) is 0 Å². The number of nitrogens with zero attached hydrogens (tertiary/aromatic N) is 3. The Labute approximate surface area is 152 Å². The van der Waals surface area contributed by atoms with E-state index in [2.05, 4.69) is 11.4 Å². The van der Waals surface area contributed by atoms with Crippen LogP contribution in [-0.4, -0.2) is 54.3 Å². The molecule has 1 N–H and O–H groups in total. The maximum absolute atomic E-state index is 12.4. The van der Waals surface area contributed by atoms with Gasteiger partial charge in [-0.2, -0.15) is 5.26 Å². The largest absolute Gasteiger partial charge is 0.336 e. The predicted molar refractivity (Wildman–Crippen MR) is 98.6 cm³/mol. The van der Waals surface area contributed by atoms with Crippen LogP contribution in [0.1, 0.15) is 15.9 Å². The van der Waals surface area contributed by atoms with Crippen LogP contribution in [0.3, 0.4) is 0 Å². The van der Waals surface area contributed by atoms with E-state index in [9.17, 15) is 9.59 Å². The molecule has 0 atom stereocenters. The van der Waals surface area contributed by atoms with Gasteiger partial charge in [0.1, 0.15) is 0 Å². The number of rotatable bonds is 4. The Hall–Kier alpha value is -3.17. The minimum absolute atomic E-state index is 0.0306. The molecule has 1 heterocycles. The number of hydrogen-bond donors (Lipinski definition) is 1. The van der Waals surface area contributed by atoms with Crippen molar-refractivity contribution in [2.75, 3.05) is 38.0 Å². The van der Waals surface area contributed by atoms with Crippen molar-refractivity contribution in [3.63, 3.8) is 0 Å². The second-order valence-electron chi connectivity index (χ2n) is 6.18. The summed E-state index contributed by atoms with van der Waals surface area (Å²) in [6.45, 7) is 2.79. The normalized spacial score (nSPS) is 14.5. The third-order valence-electron chi connectivity index (χ3n) is 4.32. The van der Waals surface area contributed by atoms with E-state index in [-0.39, 0.29) is 18.4 Å². The van der Waals surface area contributed by atoms with Crippen molar-refractivity contribution >= 4 is 17.5 Å². The molecule has 1 saturated heterocycles. The third kappa shape index (κ3) is 4.47. The lowest BCUT2D eigenvalue weighted by atomic mass is 10.2. The lowest BCUT2D eigenvalue weighted by Gasteiger charge is -2.34. The second kappa shape index (κ2) is 8.28. The van der Waals surface area contributed by atoms with Crippen molar-refractivity contribution in [3.05, 3.63) is 65.7 Å². The molecule has 1 aliphatic heterocycles. The van der Waals surface area contributed by atoms with E-state index in [0.29, 0.717) is 43.0 Å². The molecule has 6 nitrogen and oxygen atoms in total. The molecule has 132 valence electrons. The highest BCUT2D eigenvalue weighted by Crippen LogP contribution is 2.11. The minimum atomic E-state index is -0.122. The van der Waals surface area contributed by atoms with Crippen LogP contribution >= 0.6 is 0 Å². The van der Waals surface area contributed by atoms with Gasteiger partial charge in [-0.05, 0) is 30.3 Å². The zero-order chi connectivity index (χ0) is 18.4. The van der Waals surface area contributed by atoms with Crippen LogP contribution in [-0.2, 0) is 4.79 Å². The number of piperazine rings is 1. The molecule has 0 aliphatic carbocycles. The van der Waals surface area contributed by atoms with Crippen molar-refractivity contribution < 1.29 is 9.59 Å². The van der Waals surface area contributed by atoms with Gasteiger partial charge in [0.25, 0.3) is 5.91 Å². The molecule has 0 aromatic heterocycles. The molecule has 1 fully saturated rings. The summed E-state index contributed by atoms with van der Waals surface area (Å²) in [4.78, 5) is 28.5. The number of benzene rings is 2. The second-order valence-corrected chi connectivity index (χ2v) is 6.18. The zero-order valence-corrected chi connectivity index (χ0v) is 14.4. The SMILES string of the molecule is N#Cc1cccc(NC(=O)CN2CCN(C(=O)c3ccccc3)CC2)c1. The quantitative estimate of drug-likeness (QED) is 0.916. The maximum atomic E-state index is 12.4. The van der Waals surface area contributed by atoms with Gasteiger partial charge < -0.3 is 10.2 Å². The van der Waals surface area contributed by atoms with Gasteiger partial charge in [-0.3, -0.25) is 14.5 Å². The molecule has 0 radical (unpaired) electrons. The topological polar surface area (TPSA) is 76.4 Å². The minimum Gasteiger partial charge on any atom is -0.336 e. The fourth-order valence-corrected chi connectivity index (χ4v) is 2.94. The fourth-order valence-electron chi connectivity index (χ4n) is 2.94. The molecule has 2 aromatic carbocycles. The number of nitrogens with one attached hydrogen (secondary N) is 1. The Balaban J connectivity index is 1.48. The van der Waals surface area contributed by atoms with E-state index >= 15 is 0 Å². The summed E-state index contributed by atoms with van der Waals surface area (Å²) in [5, 5.41) is 11.7. The molecule has 0 unspecified atom stereocenters. The predicted octanol–water partition coefficient (Wildman–Crippen LogP) is 1.95. The first kappa shape index (κ1) is 17.6. The van der Waals surface area contributed by atoms with Crippen molar-refractivity contribution in [1.29, 1.82) is 5.26 Å². The molecular formula is C20H20N4O2. The Bertz CT molecular complexity index is 821. The third-order valence-corrected chi connectivity index (χ3v) is 4.32. The highest BCUT2D eigenvalue weighted by atomic mass is 16.2. The Morgan fingerprint density at radius 2 is 1.73 bits per heavy atom. The van der Waals surface area contributed by atoms with Gasteiger partial charge in [0, 0.05) is 37.4 Å². The average Bonchev–Trinajstić information content (AvgIpc) is 2.69. The van der Waals surface area contributed by atoms with Crippen molar-refractivity contribution in [2.45, 2.75) is 0 Å². The summed E-state index contributed by atoms with van der Waals surface area (Å²) >= 11 is 0. The summed E-state index contributed by atoms with van der Waals surface area (Å²) in [5.74, 6) is -0.0917. The molecular weight excluding hydrogens is 328 g/mol. The molecule has 2 aromatic rings. The zero-order valence-electron chi connectivity index (χ0n) is 14.4. The number of carbonyl (C=O) groups is 2. The van der Waals surface area contributed by atoms with Gasteiger partial charge >= 0.3 is 0 Å². The first-order valence-electron chi connectivity index (χ1n) is 8.52. The molecule has 0 saturated carbocycles. The summed E-state index contributed by atoms with van der Waals surface area (Å²) in [6.07, 6.45) is 0. The van der Waals surface area contributed by atoms with E-state index in [0.717, 1.165) is 0 Å². The van der Waals surface area contributed by atoms with Gasteiger partial charge in [0.2, 0.25) is 5.91 Å². The number of hydrogen-bond acceptors (Lipinski definition) is 4. The van der Waals surface area contributed by atoms with E-state index in [1.165, 1.54) is 0 Å². The van der Waals surface area contributed by atoms with Crippen LogP contribution in [0.4, 0.5) is 5.69 Å². The smallest absolute Gasteiger partial charge is 0.253 e. The van der Waals surface area contributed by atoms with E-state index in [1.54, 1.807) is 24.3 Å². The molecule has 2 amide bonds. The first-order chi connectivity index (χ1) is 12.7. The average molecular weight is 348 g/mol. The molecule has 26 heavy (non-hydrogen) atoms. The van der Waals surface area contributed by atoms with Crippen LogP contribution in [0, 0.1) is 11.3 Å². The van der Waals surface area contributed by atoms with E-state index in [4.69, 9.17) is 5.26 Å². The van der Waals surface area contributed by atoms with E-state index in [1.807, 2.05) is 40.1 Å². The summed E-state index contributed by atoms with van der Waals surface area (Å²) in [7, 11) is 0. The fraction of sp³-hybridized carbons (Fsp3) is 0.250. The van der Waals surface area contributed by atoms with E-state index < -0.39 is 0 Å². The molecule has 3 rings (SSSR count). The van der Waals surface area contributed by atoms with Gasteiger partial charge in [-0.25, -0.2) is 0 Å². The van der Waals surface area contributed by atoms with Gasteiger partial charge in [0.05, 0.1) is 18.2 Å². The molecule has 6 heteroatoms. The standard InChI is InChI=1S/C20H20N4O2/c21-14-16-5-4-8-18(13-16)22-19(25)15-23-9-11-24(12-10-23)20(26)17-6-2-1-3-7-17/h1-8,13H,9-12,15H2,(H,22,25). The first-order valence-corrected chi connectivity index (χ1v) is 8.52. The number of carbonyl (C=O) groups excluding carboxylic acids is 2. The Morgan fingerprint density at radius 1 is 1.00 bits per heavy atom. The monoisotopic (exact) mass is 348 g/mol. The van der Waals surface area contributed by atoms with Gasteiger partial charge in [0.15, 0.2) is 0 Å². The summed E-state index contributed by atoms with van der Waals surface area (Å²) in [6, 6.07) is 18.1. The number of anilines is 1. The van der Waals surface area contributed by atoms with Crippen LogP contribution in [0.2, 0.25) is 0 Å². The number of amides is 2. The molecule has 0 spiro atoms. The summed E-state index contributed by atoms with van der Waals surface area (Å²) < 4.78 is 0. The van der Waals surface area contributed by atoms with Crippen LogP contribution in [0.5, 0.6) is 0 Å². The molecule has 1 aliphatic rings. The van der Waals surface area contributed by atoms with Crippen molar-refractivity contribution in [2.24, 2.45) is 0 Å². The lowest BCUT2D eigenvalue weighted by molar-refractivity contribution is -0.117. The van der Waals surface area contributed by atoms with Crippen LogP contribution < -0.4 is 5.32 Å². The summed E-state index contributed by atoms with van der Waals surface area (Å²) in [5.41, 5.74) is 1.82. The highest BCUT2D eigenvalue weighted by molar-refractivity contribution is 5.94. The Morgan fingerprint density at radius 3 is 2.42 bits per heavy atom. The van der Waals surface area contributed by atoms with Crippen LogP contribution in [0.15, 0.2) is 54.6 Å². The maximum Gasteiger partial charge on any atom is 0.253 e. The molecule has 0 bridgehead atoms. The number of nitriles is 1. The van der Waals surface area contributed by atoms with Crippen molar-refractivity contribution in [1.82, 2.24) is 9.80 Å². The lowest BCUT2D eigenvalue weighted by Crippen LogP contribution is -2.50. The Kier molecular flexibility index (Phi) is 5.62. The van der Waals surface area contributed by atoms with Gasteiger partial charge in [-0.15, -0.1) is 0 Å². The highest BCUT2D eigenvalue weighted by Gasteiger charge is 2.23.